The average Bonchev–Trinajstić information content (AvgIpc) is 2.76. The number of carbonyl (C=O) groups is 2. The molecule has 166 valence electrons. The first kappa shape index (κ1) is 23.0. The van der Waals surface area contributed by atoms with Crippen molar-refractivity contribution >= 4 is 33.0 Å². The first-order chi connectivity index (χ1) is 15.2. The number of hydrogen-bond acceptors (Lipinski definition) is 5. The zero-order valence-corrected chi connectivity index (χ0v) is 18.6. The number of para-hydroxylation sites is 1. The van der Waals surface area contributed by atoms with Gasteiger partial charge in [-0.2, -0.15) is 0 Å². The van der Waals surface area contributed by atoms with E-state index in [0.717, 1.165) is 5.56 Å². The minimum Gasteiger partial charge on any atom is -0.457 e. The van der Waals surface area contributed by atoms with Crippen molar-refractivity contribution in [1.82, 2.24) is 0 Å². The number of benzene rings is 3. The molecule has 0 spiro atoms. The molecule has 0 aliphatic heterocycles. The van der Waals surface area contributed by atoms with Crippen LogP contribution in [0.1, 0.15) is 12.5 Å². The molecule has 0 saturated carbocycles. The zero-order chi connectivity index (χ0) is 23.1. The summed E-state index contributed by atoms with van der Waals surface area (Å²) < 4.78 is 30.8. The highest BCUT2D eigenvalue weighted by Crippen LogP contribution is 2.23. The first-order valence-electron chi connectivity index (χ1n) is 9.95. The van der Waals surface area contributed by atoms with Crippen molar-refractivity contribution in [2.45, 2.75) is 19.1 Å². The number of aryl methyl sites for hydroxylation is 1. The average molecular weight is 453 g/mol. The van der Waals surface area contributed by atoms with Gasteiger partial charge in [0, 0.05) is 11.4 Å². The highest BCUT2D eigenvalue weighted by Gasteiger charge is 2.30. The van der Waals surface area contributed by atoms with Crippen LogP contribution in [0.25, 0.3) is 0 Å². The van der Waals surface area contributed by atoms with E-state index in [2.05, 4.69) is 10.6 Å². The van der Waals surface area contributed by atoms with Gasteiger partial charge in [-0.15, -0.1) is 0 Å². The summed E-state index contributed by atoms with van der Waals surface area (Å²) in [7, 11) is -4.00. The van der Waals surface area contributed by atoms with Gasteiger partial charge in [0.2, 0.25) is 11.8 Å². The lowest BCUT2D eigenvalue weighted by molar-refractivity contribution is -0.115. The van der Waals surface area contributed by atoms with Crippen LogP contribution in [-0.2, 0) is 19.4 Å². The van der Waals surface area contributed by atoms with Gasteiger partial charge in [-0.25, -0.2) is 8.42 Å². The van der Waals surface area contributed by atoms with Crippen LogP contribution < -0.4 is 15.4 Å². The molecule has 2 N–H and O–H groups in total. The molecule has 0 aliphatic rings. The summed E-state index contributed by atoms with van der Waals surface area (Å²) in [5.74, 6) is -0.962. The van der Waals surface area contributed by atoms with Gasteiger partial charge in [0.15, 0.2) is 9.84 Å². The van der Waals surface area contributed by atoms with E-state index in [0.29, 0.717) is 22.9 Å². The largest absolute Gasteiger partial charge is 0.457 e. The van der Waals surface area contributed by atoms with Crippen molar-refractivity contribution < 1.29 is 22.7 Å². The van der Waals surface area contributed by atoms with Gasteiger partial charge in [0.1, 0.15) is 22.5 Å². The molecule has 8 heteroatoms. The second-order valence-electron chi connectivity index (χ2n) is 7.29. The van der Waals surface area contributed by atoms with E-state index in [4.69, 9.17) is 4.74 Å². The molecule has 0 heterocycles. The standard InChI is InChI=1S/C24H24N2O5S/c1-17-8-10-19(11-9-17)25-23(27)16-32(29,30)18(2)24(28)26-20-12-14-22(15-13-20)31-21-6-4-3-5-7-21/h3-15,18H,16H2,1-2H3,(H,25,27)(H,26,28). The van der Waals surface area contributed by atoms with Crippen molar-refractivity contribution in [3.8, 4) is 11.5 Å². The molecule has 0 fully saturated rings. The summed E-state index contributed by atoms with van der Waals surface area (Å²) in [5.41, 5.74) is 1.92. The lowest BCUT2D eigenvalue weighted by Gasteiger charge is -2.14. The zero-order valence-electron chi connectivity index (χ0n) is 17.7. The van der Waals surface area contributed by atoms with Gasteiger partial charge in [-0.05, 0) is 62.4 Å². The van der Waals surface area contributed by atoms with E-state index in [1.807, 2.05) is 37.3 Å². The maximum absolute atomic E-state index is 12.5. The van der Waals surface area contributed by atoms with Crippen molar-refractivity contribution in [2.75, 3.05) is 16.4 Å². The molecule has 1 unspecified atom stereocenters. The maximum atomic E-state index is 12.5. The van der Waals surface area contributed by atoms with Crippen LogP contribution in [0.15, 0.2) is 78.9 Å². The second kappa shape index (κ2) is 10.1. The number of nitrogens with one attached hydrogen (secondary N) is 2. The van der Waals surface area contributed by atoms with Crippen molar-refractivity contribution in [3.05, 3.63) is 84.4 Å². The fraction of sp³-hybridized carbons (Fsp3) is 0.167. The molecule has 0 aromatic heterocycles. The molecule has 2 amide bonds. The minimum atomic E-state index is -4.00. The van der Waals surface area contributed by atoms with E-state index in [9.17, 15) is 18.0 Å². The number of hydrogen-bond donors (Lipinski definition) is 2. The molecule has 3 rings (SSSR count). The number of ether oxygens (including phenoxy) is 1. The highest BCUT2D eigenvalue weighted by atomic mass is 32.2. The van der Waals surface area contributed by atoms with Crippen LogP contribution in [0.3, 0.4) is 0 Å². The van der Waals surface area contributed by atoms with E-state index < -0.39 is 32.7 Å². The molecule has 3 aromatic rings. The Morgan fingerprint density at radius 2 is 1.34 bits per heavy atom. The maximum Gasteiger partial charge on any atom is 0.242 e. The number of amides is 2. The monoisotopic (exact) mass is 452 g/mol. The molecular formula is C24H24N2O5S. The van der Waals surface area contributed by atoms with Crippen LogP contribution in [0.5, 0.6) is 11.5 Å². The highest BCUT2D eigenvalue weighted by molar-refractivity contribution is 7.93. The Morgan fingerprint density at radius 1 is 0.812 bits per heavy atom. The number of carbonyl (C=O) groups excluding carboxylic acids is 2. The van der Waals surface area contributed by atoms with Crippen molar-refractivity contribution in [2.24, 2.45) is 0 Å². The van der Waals surface area contributed by atoms with E-state index in [1.54, 1.807) is 48.5 Å². The molecule has 0 saturated heterocycles. The Morgan fingerprint density at radius 3 is 1.97 bits per heavy atom. The molecule has 0 aliphatic carbocycles. The van der Waals surface area contributed by atoms with Gasteiger partial charge >= 0.3 is 0 Å². The Hall–Kier alpha value is -3.65. The molecule has 7 nitrogen and oxygen atoms in total. The number of anilines is 2. The molecule has 0 radical (unpaired) electrons. The molecular weight excluding hydrogens is 428 g/mol. The third kappa shape index (κ3) is 6.42. The summed E-state index contributed by atoms with van der Waals surface area (Å²) in [5, 5.41) is 3.70. The predicted octanol–water partition coefficient (Wildman–Crippen LogP) is 4.17. The van der Waals surface area contributed by atoms with Crippen LogP contribution >= 0.6 is 0 Å². The fourth-order valence-electron chi connectivity index (χ4n) is 2.78. The van der Waals surface area contributed by atoms with Gasteiger partial charge in [-0.1, -0.05) is 35.9 Å². The Balaban J connectivity index is 1.56. The number of rotatable bonds is 8. The molecule has 3 aromatic carbocycles. The molecule has 1 atom stereocenters. The number of sulfone groups is 1. The Labute approximate surface area is 187 Å². The first-order valence-corrected chi connectivity index (χ1v) is 11.7. The smallest absolute Gasteiger partial charge is 0.242 e. The lowest BCUT2D eigenvalue weighted by atomic mass is 10.2. The minimum absolute atomic E-state index is 0.418. The SMILES string of the molecule is Cc1ccc(NC(=O)CS(=O)(=O)C(C)C(=O)Nc2ccc(Oc3ccccc3)cc2)cc1. The third-order valence-electron chi connectivity index (χ3n) is 4.68. The summed E-state index contributed by atoms with van der Waals surface area (Å²) >= 11 is 0. The summed E-state index contributed by atoms with van der Waals surface area (Å²) in [6, 6.07) is 22.7. The van der Waals surface area contributed by atoms with Crippen molar-refractivity contribution in [3.63, 3.8) is 0 Å². The van der Waals surface area contributed by atoms with Gasteiger partial charge in [-0.3, -0.25) is 9.59 Å². The Bertz CT molecular complexity index is 1180. The van der Waals surface area contributed by atoms with Gasteiger partial charge in [0.25, 0.3) is 0 Å². The van der Waals surface area contributed by atoms with Crippen LogP contribution in [-0.4, -0.2) is 31.2 Å². The fourth-order valence-corrected chi connectivity index (χ4v) is 3.85. The topological polar surface area (TPSA) is 102 Å². The predicted molar refractivity (Wildman–Crippen MR) is 125 cm³/mol. The quantitative estimate of drug-likeness (QED) is 0.534. The van der Waals surface area contributed by atoms with E-state index >= 15 is 0 Å². The van der Waals surface area contributed by atoms with Crippen LogP contribution in [0.2, 0.25) is 0 Å². The van der Waals surface area contributed by atoms with Crippen molar-refractivity contribution in [1.29, 1.82) is 0 Å². The lowest BCUT2D eigenvalue weighted by Crippen LogP contribution is -2.37. The van der Waals surface area contributed by atoms with Gasteiger partial charge in [0.05, 0.1) is 0 Å². The summed E-state index contributed by atoms with van der Waals surface area (Å²) in [6.07, 6.45) is 0. The Kier molecular flexibility index (Phi) is 7.27. The van der Waals surface area contributed by atoms with E-state index in [1.165, 1.54) is 6.92 Å². The summed E-state index contributed by atoms with van der Waals surface area (Å²) in [4.78, 5) is 24.6. The van der Waals surface area contributed by atoms with Crippen LogP contribution in [0.4, 0.5) is 11.4 Å². The second-order valence-corrected chi connectivity index (χ2v) is 9.61. The summed E-state index contributed by atoms with van der Waals surface area (Å²) in [6.45, 7) is 3.16. The normalized spacial score (nSPS) is 11.9. The van der Waals surface area contributed by atoms with Crippen LogP contribution in [0, 0.1) is 6.92 Å². The van der Waals surface area contributed by atoms with Gasteiger partial charge < -0.3 is 15.4 Å². The van der Waals surface area contributed by atoms with E-state index in [-0.39, 0.29) is 0 Å². The molecule has 32 heavy (non-hydrogen) atoms. The third-order valence-corrected chi connectivity index (χ3v) is 6.63. The molecule has 0 bridgehead atoms.